The van der Waals surface area contributed by atoms with E-state index in [1.807, 2.05) is 19.1 Å². The molecule has 2 unspecified atom stereocenters. The molecule has 1 aromatic rings. The Kier molecular flexibility index (Phi) is 4.49. The Morgan fingerprint density at radius 3 is 2.94 bits per heavy atom. The highest BCUT2D eigenvalue weighted by atomic mass is 35.5. The molecule has 3 nitrogen and oxygen atoms in total. The first kappa shape index (κ1) is 13.7. The molecule has 1 amide bonds. The van der Waals surface area contributed by atoms with Gasteiger partial charge in [0.05, 0.1) is 16.1 Å². The maximum Gasteiger partial charge on any atom is 0.237 e. The van der Waals surface area contributed by atoms with Crippen LogP contribution in [0.2, 0.25) is 10.0 Å². The lowest BCUT2D eigenvalue weighted by atomic mass is 10.0. The molecule has 0 bridgehead atoms. The third kappa shape index (κ3) is 2.97. The van der Waals surface area contributed by atoms with Crippen LogP contribution in [0.5, 0.6) is 0 Å². The SMILES string of the molecule is CC(NC1CCCNC1=O)c1cccc(Cl)c1Cl. The average Bonchev–Trinajstić information content (AvgIpc) is 2.35. The summed E-state index contributed by atoms with van der Waals surface area (Å²) in [7, 11) is 0. The van der Waals surface area contributed by atoms with Crippen LogP contribution < -0.4 is 10.6 Å². The van der Waals surface area contributed by atoms with E-state index in [0.29, 0.717) is 10.0 Å². The average molecular weight is 287 g/mol. The van der Waals surface area contributed by atoms with Crippen LogP contribution in [0.25, 0.3) is 0 Å². The number of hydrogen-bond acceptors (Lipinski definition) is 2. The zero-order valence-electron chi connectivity index (χ0n) is 10.2. The molecule has 1 aliphatic rings. The first-order valence-electron chi connectivity index (χ1n) is 6.07. The van der Waals surface area contributed by atoms with Crippen LogP contribution in [0, 0.1) is 0 Å². The second kappa shape index (κ2) is 5.91. The first-order valence-corrected chi connectivity index (χ1v) is 6.83. The topological polar surface area (TPSA) is 41.1 Å². The van der Waals surface area contributed by atoms with Gasteiger partial charge >= 0.3 is 0 Å². The smallest absolute Gasteiger partial charge is 0.237 e. The van der Waals surface area contributed by atoms with Gasteiger partial charge in [-0.25, -0.2) is 0 Å². The lowest BCUT2D eigenvalue weighted by Gasteiger charge is -2.27. The van der Waals surface area contributed by atoms with E-state index in [0.717, 1.165) is 24.9 Å². The standard InChI is InChI=1S/C13H16Cl2N2O/c1-8(9-4-2-5-10(14)12(9)15)17-11-6-3-7-16-13(11)18/h2,4-5,8,11,17H,3,6-7H2,1H3,(H,16,18). The number of carbonyl (C=O) groups excluding carboxylic acids is 1. The predicted molar refractivity (Wildman–Crippen MR) is 74.0 cm³/mol. The van der Waals surface area contributed by atoms with Gasteiger partial charge in [0, 0.05) is 12.6 Å². The van der Waals surface area contributed by atoms with Crippen LogP contribution in [-0.2, 0) is 4.79 Å². The molecular weight excluding hydrogens is 271 g/mol. The fraction of sp³-hybridized carbons (Fsp3) is 0.462. The minimum absolute atomic E-state index is 0.00921. The van der Waals surface area contributed by atoms with Crippen molar-refractivity contribution in [3.63, 3.8) is 0 Å². The minimum Gasteiger partial charge on any atom is -0.355 e. The third-order valence-electron chi connectivity index (χ3n) is 3.18. The molecule has 5 heteroatoms. The summed E-state index contributed by atoms with van der Waals surface area (Å²) in [5.74, 6) is 0.0613. The van der Waals surface area contributed by atoms with Crippen molar-refractivity contribution >= 4 is 29.1 Å². The zero-order valence-corrected chi connectivity index (χ0v) is 11.7. The molecule has 2 rings (SSSR count). The Bertz CT molecular complexity index is 451. The minimum atomic E-state index is -0.149. The second-order valence-electron chi connectivity index (χ2n) is 4.52. The summed E-state index contributed by atoms with van der Waals surface area (Å²) >= 11 is 12.2. The summed E-state index contributed by atoms with van der Waals surface area (Å²) in [6, 6.07) is 5.39. The van der Waals surface area contributed by atoms with Gasteiger partial charge in [0.2, 0.25) is 5.91 Å². The van der Waals surface area contributed by atoms with Gasteiger partial charge in [-0.2, -0.15) is 0 Å². The maximum absolute atomic E-state index is 11.7. The molecule has 0 aromatic heterocycles. The highest BCUT2D eigenvalue weighted by Crippen LogP contribution is 2.30. The Labute approximate surface area is 117 Å². The fourth-order valence-electron chi connectivity index (χ4n) is 2.18. The summed E-state index contributed by atoms with van der Waals surface area (Å²) < 4.78 is 0. The molecule has 2 atom stereocenters. The van der Waals surface area contributed by atoms with Gasteiger partial charge < -0.3 is 5.32 Å². The number of amides is 1. The molecule has 2 N–H and O–H groups in total. The van der Waals surface area contributed by atoms with E-state index in [-0.39, 0.29) is 18.0 Å². The van der Waals surface area contributed by atoms with E-state index in [9.17, 15) is 4.79 Å². The van der Waals surface area contributed by atoms with Gasteiger partial charge in [0.1, 0.15) is 0 Å². The number of carbonyl (C=O) groups is 1. The molecule has 0 radical (unpaired) electrons. The molecule has 1 saturated heterocycles. The molecular formula is C13H16Cl2N2O. The number of halogens is 2. The van der Waals surface area contributed by atoms with Crippen LogP contribution in [0.3, 0.4) is 0 Å². The fourth-order valence-corrected chi connectivity index (χ4v) is 2.65. The molecule has 0 spiro atoms. The van der Waals surface area contributed by atoms with E-state index in [1.54, 1.807) is 6.07 Å². The van der Waals surface area contributed by atoms with Crippen molar-refractivity contribution in [2.45, 2.75) is 31.8 Å². The molecule has 98 valence electrons. The van der Waals surface area contributed by atoms with Crippen molar-refractivity contribution in [3.8, 4) is 0 Å². The number of rotatable bonds is 3. The highest BCUT2D eigenvalue weighted by Gasteiger charge is 2.24. The predicted octanol–water partition coefficient (Wildman–Crippen LogP) is 2.92. The molecule has 0 aliphatic carbocycles. The van der Waals surface area contributed by atoms with E-state index >= 15 is 0 Å². The summed E-state index contributed by atoms with van der Waals surface area (Å²) in [6.07, 6.45) is 1.85. The van der Waals surface area contributed by atoms with Crippen LogP contribution in [0.15, 0.2) is 18.2 Å². The Balaban J connectivity index is 2.09. The highest BCUT2D eigenvalue weighted by molar-refractivity contribution is 6.42. The monoisotopic (exact) mass is 286 g/mol. The van der Waals surface area contributed by atoms with Gasteiger partial charge in [0.25, 0.3) is 0 Å². The molecule has 1 aromatic carbocycles. The van der Waals surface area contributed by atoms with Crippen molar-refractivity contribution in [3.05, 3.63) is 33.8 Å². The molecule has 18 heavy (non-hydrogen) atoms. The van der Waals surface area contributed by atoms with Crippen molar-refractivity contribution in [1.29, 1.82) is 0 Å². The maximum atomic E-state index is 11.7. The van der Waals surface area contributed by atoms with Crippen molar-refractivity contribution in [2.75, 3.05) is 6.54 Å². The third-order valence-corrected chi connectivity index (χ3v) is 4.02. The summed E-state index contributed by atoms with van der Waals surface area (Å²) in [4.78, 5) is 11.7. The van der Waals surface area contributed by atoms with E-state index in [2.05, 4.69) is 10.6 Å². The van der Waals surface area contributed by atoms with Gasteiger partial charge in [0.15, 0.2) is 0 Å². The van der Waals surface area contributed by atoms with E-state index < -0.39 is 0 Å². The van der Waals surface area contributed by atoms with Crippen LogP contribution in [-0.4, -0.2) is 18.5 Å². The van der Waals surface area contributed by atoms with Gasteiger partial charge in [-0.1, -0.05) is 35.3 Å². The van der Waals surface area contributed by atoms with Crippen molar-refractivity contribution in [1.82, 2.24) is 10.6 Å². The summed E-state index contributed by atoms with van der Waals surface area (Å²) in [5.41, 5.74) is 0.919. The van der Waals surface area contributed by atoms with Crippen molar-refractivity contribution in [2.24, 2.45) is 0 Å². The quantitative estimate of drug-likeness (QED) is 0.897. The Morgan fingerprint density at radius 2 is 2.22 bits per heavy atom. The lowest BCUT2D eigenvalue weighted by Crippen LogP contribution is -2.48. The van der Waals surface area contributed by atoms with Crippen LogP contribution in [0.1, 0.15) is 31.4 Å². The first-order chi connectivity index (χ1) is 8.59. The molecule has 1 aliphatic heterocycles. The normalized spacial score (nSPS) is 21.5. The Hall–Kier alpha value is -0.770. The molecule has 1 fully saturated rings. The lowest BCUT2D eigenvalue weighted by molar-refractivity contribution is -0.124. The number of benzene rings is 1. The van der Waals surface area contributed by atoms with Crippen LogP contribution in [0.4, 0.5) is 0 Å². The summed E-state index contributed by atoms with van der Waals surface area (Å²) in [6.45, 7) is 2.75. The second-order valence-corrected chi connectivity index (χ2v) is 5.30. The van der Waals surface area contributed by atoms with Gasteiger partial charge in [-0.3, -0.25) is 10.1 Å². The number of nitrogens with one attached hydrogen (secondary N) is 2. The molecule has 1 heterocycles. The zero-order chi connectivity index (χ0) is 13.1. The van der Waals surface area contributed by atoms with E-state index in [4.69, 9.17) is 23.2 Å². The Morgan fingerprint density at radius 1 is 1.44 bits per heavy atom. The number of hydrogen-bond donors (Lipinski definition) is 2. The van der Waals surface area contributed by atoms with Crippen LogP contribution >= 0.6 is 23.2 Å². The van der Waals surface area contributed by atoms with E-state index in [1.165, 1.54) is 0 Å². The van der Waals surface area contributed by atoms with Crippen molar-refractivity contribution < 1.29 is 4.79 Å². The molecule has 0 saturated carbocycles. The van der Waals surface area contributed by atoms with Gasteiger partial charge in [-0.05, 0) is 31.4 Å². The van der Waals surface area contributed by atoms with Gasteiger partial charge in [-0.15, -0.1) is 0 Å². The largest absolute Gasteiger partial charge is 0.355 e. The number of piperidine rings is 1. The summed E-state index contributed by atoms with van der Waals surface area (Å²) in [5, 5.41) is 7.24.